The van der Waals surface area contributed by atoms with Crippen molar-refractivity contribution >= 4 is 41.7 Å². The first-order valence-corrected chi connectivity index (χ1v) is 10.7. The molecule has 1 aliphatic rings. The van der Waals surface area contributed by atoms with Crippen LogP contribution in [0.2, 0.25) is 0 Å². The van der Waals surface area contributed by atoms with Gasteiger partial charge in [0.1, 0.15) is 12.4 Å². The Labute approximate surface area is 193 Å². The van der Waals surface area contributed by atoms with Gasteiger partial charge in [-0.3, -0.25) is 0 Å². The Balaban J connectivity index is 0.00000300. The molecule has 0 spiro atoms. The number of halogens is 1. The maximum atomic E-state index is 5.49. The Bertz CT molecular complexity index is 829. The highest BCUT2D eigenvalue weighted by molar-refractivity contribution is 14.0. The summed E-state index contributed by atoms with van der Waals surface area (Å²) >= 11 is 1.85. The highest BCUT2D eigenvalue weighted by Gasteiger charge is 2.15. The van der Waals surface area contributed by atoms with E-state index in [2.05, 4.69) is 32.7 Å². The summed E-state index contributed by atoms with van der Waals surface area (Å²) in [5, 5.41) is 11.8. The topological polar surface area (TPSA) is 76.8 Å². The van der Waals surface area contributed by atoms with Gasteiger partial charge in [-0.1, -0.05) is 6.07 Å². The van der Waals surface area contributed by atoms with Crippen LogP contribution in [0.15, 0.2) is 23.2 Å². The van der Waals surface area contributed by atoms with E-state index in [1.165, 1.54) is 0 Å². The molecule has 1 N–H and O–H groups in total. The first kappa shape index (κ1) is 23.6. The molecule has 160 valence electrons. The number of aromatic nitrogens is 3. The standard InChI is InChI=1S/C19H28N6O2S.HI/c1-14-22-23-18(25(14)3)11-21-19(20-8-5-9-28-4)24(2)12-15-6-7-16-17(10-15)27-13-26-16;/h6-7,10H,5,8-9,11-13H2,1-4H3,(H,20,21);1H. The van der Waals surface area contributed by atoms with Crippen LogP contribution < -0.4 is 14.8 Å². The normalized spacial score (nSPS) is 12.6. The molecule has 0 saturated heterocycles. The summed E-state index contributed by atoms with van der Waals surface area (Å²) < 4.78 is 12.8. The van der Waals surface area contributed by atoms with E-state index in [-0.39, 0.29) is 30.8 Å². The second kappa shape index (κ2) is 11.5. The number of hydrogen-bond donors (Lipinski definition) is 1. The Morgan fingerprint density at radius 3 is 2.83 bits per heavy atom. The third-order valence-corrected chi connectivity index (χ3v) is 5.28. The van der Waals surface area contributed by atoms with Crippen LogP contribution in [0, 0.1) is 6.92 Å². The number of ether oxygens (including phenoxy) is 2. The molecule has 2 aromatic rings. The number of fused-ring (bicyclic) bond motifs is 1. The maximum absolute atomic E-state index is 5.49. The summed E-state index contributed by atoms with van der Waals surface area (Å²) in [5.74, 6) is 5.29. The lowest BCUT2D eigenvalue weighted by atomic mass is 10.2. The smallest absolute Gasteiger partial charge is 0.231 e. The Hall–Kier alpha value is -1.69. The fourth-order valence-electron chi connectivity index (χ4n) is 2.85. The van der Waals surface area contributed by atoms with E-state index in [0.717, 1.165) is 53.4 Å². The third kappa shape index (κ3) is 6.39. The van der Waals surface area contributed by atoms with E-state index in [1.807, 2.05) is 49.5 Å². The van der Waals surface area contributed by atoms with Crippen molar-refractivity contribution in [3.63, 3.8) is 0 Å². The van der Waals surface area contributed by atoms with Crippen LogP contribution in [0.25, 0.3) is 0 Å². The van der Waals surface area contributed by atoms with Crippen LogP contribution in [0.4, 0.5) is 0 Å². The van der Waals surface area contributed by atoms with E-state index in [4.69, 9.17) is 14.5 Å². The highest BCUT2D eigenvalue weighted by Crippen LogP contribution is 2.32. The van der Waals surface area contributed by atoms with Crippen molar-refractivity contribution < 1.29 is 9.47 Å². The van der Waals surface area contributed by atoms with Crippen LogP contribution in [0.3, 0.4) is 0 Å². The van der Waals surface area contributed by atoms with Crippen LogP contribution in [-0.4, -0.2) is 58.0 Å². The number of aliphatic imine (C=N–C) groups is 1. The average molecular weight is 532 g/mol. The monoisotopic (exact) mass is 532 g/mol. The van der Waals surface area contributed by atoms with Crippen molar-refractivity contribution in [3.05, 3.63) is 35.4 Å². The third-order valence-electron chi connectivity index (χ3n) is 4.58. The number of rotatable bonds is 8. The number of guanidine groups is 1. The lowest BCUT2D eigenvalue weighted by molar-refractivity contribution is 0.174. The van der Waals surface area contributed by atoms with Gasteiger partial charge in [-0.2, -0.15) is 11.8 Å². The quantitative estimate of drug-likeness (QED) is 0.243. The van der Waals surface area contributed by atoms with Crippen molar-refractivity contribution in [2.45, 2.75) is 26.4 Å². The predicted molar refractivity (Wildman–Crippen MR) is 127 cm³/mol. The lowest BCUT2D eigenvalue weighted by Crippen LogP contribution is -2.39. The van der Waals surface area contributed by atoms with Gasteiger partial charge in [-0.25, -0.2) is 4.99 Å². The predicted octanol–water partition coefficient (Wildman–Crippen LogP) is 2.80. The van der Waals surface area contributed by atoms with E-state index < -0.39 is 0 Å². The molecule has 29 heavy (non-hydrogen) atoms. The van der Waals surface area contributed by atoms with Crippen molar-refractivity contribution in [3.8, 4) is 11.5 Å². The summed E-state index contributed by atoms with van der Waals surface area (Å²) in [6.45, 7) is 4.29. The molecular formula is C19H29IN6O2S. The molecule has 10 heteroatoms. The molecule has 0 unspecified atom stereocenters. The van der Waals surface area contributed by atoms with Crippen LogP contribution >= 0.6 is 35.7 Å². The molecule has 1 aromatic carbocycles. The number of nitrogens with zero attached hydrogens (tertiary/aromatic N) is 5. The fourth-order valence-corrected chi connectivity index (χ4v) is 3.28. The van der Waals surface area contributed by atoms with Gasteiger partial charge in [0.05, 0.1) is 0 Å². The molecule has 8 nitrogen and oxygen atoms in total. The van der Waals surface area contributed by atoms with Gasteiger partial charge in [0.2, 0.25) is 6.79 Å². The summed E-state index contributed by atoms with van der Waals surface area (Å²) in [6, 6.07) is 6.04. The molecule has 0 amide bonds. The van der Waals surface area contributed by atoms with Crippen molar-refractivity contribution in [2.75, 3.05) is 32.4 Å². The minimum absolute atomic E-state index is 0. The van der Waals surface area contributed by atoms with Gasteiger partial charge in [-0.15, -0.1) is 34.2 Å². The molecule has 1 aliphatic heterocycles. The van der Waals surface area contributed by atoms with E-state index in [9.17, 15) is 0 Å². The molecular weight excluding hydrogens is 503 g/mol. The summed E-state index contributed by atoms with van der Waals surface area (Å²) in [7, 11) is 4.00. The molecule has 0 aliphatic carbocycles. The largest absolute Gasteiger partial charge is 0.454 e. The second-order valence-electron chi connectivity index (χ2n) is 6.68. The SMILES string of the molecule is CSCCCNC(=NCc1nnc(C)n1C)N(C)Cc1ccc2c(c1)OCO2.I. The van der Waals surface area contributed by atoms with E-state index in [0.29, 0.717) is 13.1 Å². The van der Waals surface area contributed by atoms with Crippen molar-refractivity contribution in [1.29, 1.82) is 0 Å². The second-order valence-corrected chi connectivity index (χ2v) is 7.66. The fraction of sp³-hybridized carbons (Fsp3) is 0.526. The first-order chi connectivity index (χ1) is 13.6. The van der Waals surface area contributed by atoms with Gasteiger partial charge in [0, 0.05) is 27.2 Å². The van der Waals surface area contributed by atoms with Crippen molar-refractivity contribution in [1.82, 2.24) is 25.0 Å². The maximum Gasteiger partial charge on any atom is 0.231 e. The molecule has 0 saturated carbocycles. The number of thioether (sulfide) groups is 1. The molecule has 2 heterocycles. The zero-order valence-corrected chi connectivity index (χ0v) is 20.5. The zero-order valence-electron chi connectivity index (χ0n) is 17.3. The molecule has 0 radical (unpaired) electrons. The summed E-state index contributed by atoms with van der Waals surface area (Å²) in [4.78, 5) is 6.89. The molecule has 3 rings (SSSR count). The van der Waals surface area contributed by atoms with Gasteiger partial charge in [-0.05, 0) is 43.0 Å². The van der Waals surface area contributed by atoms with Crippen LogP contribution in [0.1, 0.15) is 23.6 Å². The summed E-state index contributed by atoms with van der Waals surface area (Å²) in [6.07, 6.45) is 3.21. The van der Waals surface area contributed by atoms with Gasteiger partial charge < -0.3 is 24.3 Å². The molecule has 0 bridgehead atoms. The lowest BCUT2D eigenvalue weighted by Gasteiger charge is -2.23. The van der Waals surface area contributed by atoms with Gasteiger partial charge >= 0.3 is 0 Å². The van der Waals surface area contributed by atoms with Gasteiger partial charge in [0.15, 0.2) is 23.3 Å². The minimum atomic E-state index is 0. The average Bonchev–Trinajstić information content (AvgIpc) is 3.28. The number of hydrogen-bond acceptors (Lipinski definition) is 6. The van der Waals surface area contributed by atoms with Gasteiger partial charge in [0.25, 0.3) is 0 Å². The molecule has 0 atom stereocenters. The first-order valence-electron chi connectivity index (χ1n) is 9.30. The zero-order chi connectivity index (χ0) is 19.9. The van der Waals surface area contributed by atoms with Crippen LogP contribution in [0.5, 0.6) is 11.5 Å². The Morgan fingerprint density at radius 2 is 2.10 bits per heavy atom. The Kier molecular flexibility index (Phi) is 9.34. The summed E-state index contributed by atoms with van der Waals surface area (Å²) in [5.41, 5.74) is 1.14. The van der Waals surface area contributed by atoms with E-state index >= 15 is 0 Å². The minimum Gasteiger partial charge on any atom is -0.454 e. The molecule has 0 fully saturated rings. The Morgan fingerprint density at radius 1 is 1.31 bits per heavy atom. The number of aryl methyl sites for hydroxylation is 1. The number of nitrogens with one attached hydrogen (secondary N) is 1. The van der Waals surface area contributed by atoms with Crippen LogP contribution in [-0.2, 0) is 20.1 Å². The highest BCUT2D eigenvalue weighted by atomic mass is 127. The molecule has 1 aromatic heterocycles. The van der Waals surface area contributed by atoms with Crippen molar-refractivity contribution in [2.24, 2.45) is 12.0 Å². The van der Waals surface area contributed by atoms with E-state index in [1.54, 1.807) is 0 Å². The number of benzene rings is 1.